The van der Waals surface area contributed by atoms with Crippen LogP contribution in [0.2, 0.25) is 0 Å². The van der Waals surface area contributed by atoms with Crippen LogP contribution in [0.4, 0.5) is 10.5 Å². The van der Waals surface area contributed by atoms with E-state index in [9.17, 15) is 9.59 Å². The molecule has 4 N–H and O–H groups in total. The number of carbonyl (C=O) groups is 2. The molecule has 0 aromatic heterocycles. The van der Waals surface area contributed by atoms with Crippen LogP contribution in [0.3, 0.4) is 0 Å². The number of hydrogen-bond acceptors (Lipinski definition) is 4. The summed E-state index contributed by atoms with van der Waals surface area (Å²) in [5.74, 6) is 0.152. The van der Waals surface area contributed by atoms with Crippen molar-refractivity contribution in [3.63, 3.8) is 0 Å². The lowest BCUT2D eigenvalue weighted by Crippen LogP contribution is -2.39. The number of nitrogens with one attached hydrogen (secondary N) is 2. The van der Waals surface area contributed by atoms with Crippen LogP contribution < -0.4 is 21.1 Å². The van der Waals surface area contributed by atoms with E-state index in [2.05, 4.69) is 10.6 Å². The first-order valence-corrected chi connectivity index (χ1v) is 6.13. The number of methoxy groups -OCH3 is 1. The summed E-state index contributed by atoms with van der Waals surface area (Å²) in [6.07, 6.45) is 0. The average molecular weight is 280 g/mol. The Morgan fingerprint density at radius 3 is 2.50 bits per heavy atom. The van der Waals surface area contributed by atoms with Crippen molar-refractivity contribution in [3.05, 3.63) is 23.8 Å². The number of anilines is 1. The SMILES string of the molecule is COc1cccc(C(=O)NCCNC(=O)N(C)C)c1N. The van der Waals surface area contributed by atoms with Crippen LogP contribution in [0, 0.1) is 0 Å². The van der Waals surface area contributed by atoms with Gasteiger partial charge in [0.15, 0.2) is 0 Å². The molecule has 0 fully saturated rings. The van der Waals surface area contributed by atoms with Gasteiger partial charge in [-0.15, -0.1) is 0 Å². The summed E-state index contributed by atoms with van der Waals surface area (Å²) in [6.45, 7) is 0.654. The van der Waals surface area contributed by atoms with Crippen LogP contribution in [-0.4, -0.2) is 51.1 Å². The normalized spacial score (nSPS) is 9.75. The fourth-order valence-electron chi connectivity index (χ4n) is 1.52. The molecule has 1 rings (SSSR count). The number of ether oxygens (including phenoxy) is 1. The minimum Gasteiger partial charge on any atom is -0.495 e. The molecule has 0 aliphatic carbocycles. The molecule has 0 unspecified atom stereocenters. The summed E-state index contributed by atoms with van der Waals surface area (Å²) in [6, 6.07) is 4.78. The first kappa shape index (κ1) is 15.6. The zero-order chi connectivity index (χ0) is 15.1. The van der Waals surface area contributed by atoms with Gasteiger partial charge in [-0.25, -0.2) is 4.79 Å². The summed E-state index contributed by atoms with van der Waals surface area (Å²) in [5, 5.41) is 5.32. The minimum absolute atomic E-state index is 0.208. The lowest BCUT2D eigenvalue weighted by molar-refractivity contribution is 0.0954. The molecule has 110 valence electrons. The Morgan fingerprint density at radius 1 is 1.25 bits per heavy atom. The van der Waals surface area contributed by atoms with E-state index < -0.39 is 0 Å². The molecule has 1 aromatic rings. The summed E-state index contributed by atoms with van der Waals surface area (Å²) in [5.41, 5.74) is 6.47. The van der Waals surface area contributed by atoms with Gasteiger partial charge >= 0.3 is 6.03 Å². The Bertz CT molecular complexity index is 489. The van der Waals surface area contributed by atoms with E-state index in [0.717, 1.165) is 0 Å². The number of para-hydroxylation sites is 1. The third kappa shape index (κ3) is 4.04. The number of rotatable bonds is 5. The maximum atomic E-state index is 11.9. The van der Waals surface area contributed by atoms with Crippen LogP contribution in [0.15, 0.2) is 18.2 Å². The smallest absolute Gasteiger partial charge is 0.316 e. The second kappa shape index (κ2) is 7.22. The first-order valence-electron chi connectivity index (χ1n) is 6.13. The highest BCUT2D eigenvalue weighted by Gasteiger charge is 2.12. The second-order valence-electron chi connectivity index (χ2n) is 4.30. The molecule has 1 aromatic carbocycles. The van der Waals surface area contributed by atoms with Crippen LogP contribution in [-0.2, 0) is 0 Å². The molecule has 0 radical (unpaired) electrons. The minimum atomic E-state index is -0.305. The molecule has 20 heavy (non-hydrogen) atoms. The van der Waals surface area contributed by atoms with E-state index >= 15 is 0 Å². The number of hydrogen-bond donors (Lipinski definition) is 3. The van der Waals surface area contributed by atoms with E-state index in [0.29, 0.717) is 30.1 Å². The maximum Gasteiger partial charge on any atom is 0.316 e. The van der Waals surface area contributed by atoms with Crippen molar-refractivity contribution in [1.29, 1.82) is 0 Å². The summed E-state index contributed by atoms with van der Waals surface area (Å²) in [4.78, 5) is 24.6. The summed E-state index contributed by atoms with van der Waals surface area (Å²) < 4.78 is 5.05. The van der Waals surface area contributed by atoms with Crippen molar-refractivity contribution in [2.75, 3.05) is 40.0 Å². The largest absolute Gasteiger partial charge is 0.495 e. The molecule has 0 aliphatic rings. The average Bonchev–Trinajstić information content (AvgIpc) is 2.43. The molecule has 0 saturated carbocycles. The number of amides is 3. The molecular formula is C13H20N4O3. The highest BCUT2D eigenvalue weighted by Crippen LogP contribution is 2.24. The van der Waals surface area contributed by atoms with Gasteiger partial charge in [0, 0.05) is 27.2 Å². The third-order valence-electron chi connectivity index (χ3n) is 2.62. The van der Waals surface area contributed by atoms with Crippen molar-refractivity contribution in [2.24, 2.45) is 0 Å². The van der Waals surface area contributed by atoms with Gasteiger partial charge in [0.2, 0.25) is 0 Å². The topological polar surface area (TPSA) is 96.7 Å². The molecule has 0 bridgehead atoms. The second-order valence-corrected chi connectivity index (χ2v) is 4.30. The van der Waals surface area contributed by atoms with Gasteiger partial charge < -0.3 is 26.0 Å². The molecule has 0 aliphatic heterocycles. The van der Waals surface area contributed by atoms with Gasteiger partial charge in [-0.2, -0.15) is 0 Å². The van der Waals surface area contributed by atoms with E-state index in [1.54, 1.807) is 32.3 Å². The van der Waals surface area contributed by atoms with Gasteiger partial charge in [0.25, 0.3) is 5.91 Å². The monoisotopic (exact) mass is 280 g/mol. The van der Waals surface area contributed by atoms with E-state index in [1.807, 2.05) is 0 Å². The molecule has 0 spiro atoms. The molecule has 3 amide bonds. The van der Waals surface area contributed by atoms with Crippen molar-refractivity contribution < 1.29 is 14.3 Å². The summed E-state index contributed by atoms with van der Waals surface area (Å²) in [7, 11) is 4.78. The number of urea groups is 1. The van der Waals surface area contributed by atoms with Crippen LogP contribution >= 0.6 is 0 Å². The third-order valence-corrected chi connectivity index (χ3v) is 2.62. The standard InChI is InChI=1S/C13H20N4O3/c1-17(2)13(19)16-8-7-15-12(18)9-5-4-6-10(20-3)11(9)14/h4-6H,7-8,14H2,1-3H3,(H,15,18)(H,16,19). The number of nitrogen functional groups attached to an aromatic ring is 1. The van der Waals surface area contributed by atoms with E-state index in [-0.39, 0.29) is 11.9 Å². The Labute approximate surface area is 118 Å². The maximum absolute atomic E-state index is 11.9. The van der Waals surface area contributed by atoms with Crippen molar-refractivity contribution in [3.8, 4) is 5.75 Å². The summed E-state index contributed by atoms with van der Waals surface area (Å²) >= 11 is 0. The van der Waals surface area contributed by atoms with Crippen molar-refractivity contribution >= 4 is 17.6 Å². The molecule has 7 heteroatoms. The highest BCUT2D eigenvalue weighted by molar-refractivity contribution is 6.00. The fraction of sp³-hybridized carbons (Fsp3) is 0.385. The molecule has 0 atom stereocenters. The quantitative estimate of drug-likeness (QED) is 0.533. The van der Waals surface area contributed by atoms with E-state index in [4.69, 9.17) is 10.5 Å². The van der Waals surface area contributed by atoms with Crippen LogP contribution in [0.1, 0.15) is 10.4 Å². The lowest BCUT2D eigenvalue weighted by Gasteiger charge is -2.13. The zero-order valence-electron chi connectivity index (χ0n) is 11.9. The Balaban J connectivity index is 2.50. The number of nitrogens with two attached hydrogens (primary N) is 1. The number of carbonyl (C=O) groups excluding carboxylic acids is 2. The van der Waals surface area contributed by atoms with Gasteiger partial charge in [-0.05, 0) is 12.1 Å². The Kier molecular flexibility index (Phi) is 5.64. The van der Waals surface area contributed by atoms with Crippen molar-refractivity contribution in [2.45, 2.75) is 0 Å². The Morgan fingerprint density at radius 2 is 1.90 bits per heavy atom. The molecule has 7 nitrogen and oxygen atoms in total. The van der Waals surface area contributed by atoms with Crippen molar-refractivity contribution in [1.82, 2.24) is 15.5 Å². The lowest BCUT2D eigenvalue weighted by atomic mass is 10.1. The predicted octanol–water partition coefficient (Wildman–Crippen LogP) is 0.278. The van der Waals surface area contributed by atoms with Crippen LogP contribution in [0.5, 0.6) is 5.75 Å². The molecule has 0 saturated heterocycles. The molecular weight excluding hydrogens is 260 g/mol. The predicted molar refractivity (Wildman–Crippen MR) is 76.8 cm³/mol. The first-order chi connectivity index (χ1) is 9.47. The number of nitrogens with zero attached hydrogens (tertiary/aromatic N) is 1. The number of benzene rings is 1. The molecule has 0 heterocycles. The van der Waals surface area contributed by atoms with Gasteiger partial charge in [0.05, 0.1) is 18.4 Å². The Hall–Kier alpha value is -2.44. The van der Waals surface area contributed by atoms with Gasteiger partial charge in [0.1, 0.15) is 5.75 Å². The zero-order valence-corrected chi connectivity index (χ0v) is 11.9. The highest BCUT2D eigenvalue weighted by atomic mass is 16.5. The van der Waals surface area contributed by atoms with Gasteiger partial charge in [-0.3, -0.25) is 4.79 Å². The van der Waals surface area contributed by atoms with Crippen LogP contribution in [0.25, 0.3) is 0 Å². The van der Waals surface area contributed by atoms with E-state index in [1.165, 1.54) is 12.0 Å². The van der Waals surface area contributed by atoms with Gasteiger partial charge in [-0.1, -0.05) is 6.07 Å². The fourth-order valence-corrected chi connectivity index (χ4v) is 1.52.